The van der Waals surface area contributed by atoms with Crippen LogP contribution in [0.3, 0.4) is 0 Å². The van der Waals surface area contributed by atoms with Gasteiger partial charge in [0.25, 0.3) is 0 Å². The molecule has 0 aromatic heterocycles. The fourth-order valence-electron chi connectivity index (χ4n) is 1.73. The van der Waals surface area contributed by atoms with Crippen molar-refractivity contribution in [2.45, 2.75) is 13.0 Å². The first kappa shape index (κ1) is 9.34. The molecule has 3 nitrogen and oxygen atoms in total. The van der Waals surface area contributed by atoms with Crippen LogP contribution in [-0.2, 0) is 0 Å². The summed E-state index contributed by atoms with van der Waals surface area (Å²) in [5, 5.41) is 3.21. The van der Waals surface area contributed by atoms with E-state index in [0.29, 0.717) is 19.3 Å². The summed E-state index contributed by atoms with van der Waals surface area (Å²) in [6.45, 7) is 3.34. The highest BCUT2D eigenvalue weighted by Crippen LogP contribution is 2.39. The molecule has 0 radical (unpaired) electrons. The van der Waals surface area contributed by atoms with E-state index in [1.54, 1.807) is 0 Å². The topological polar surface area (TPSA) is 30.5 Å². The molecule has 1 unspecified atom stereocenters. The Kier molecular flexibility index (Phi) is 2.59. The molecule has 0 spiro atoms. The molecule has 0 bridgehead atoms. The van der Waals surface area contributed by atoms with Crippen LogP contribution in [0, 0.1) is 0 Å². The Morgan fingerprint density at radius 3 is 3.14 bits per heavy atom. The van der Waals surface area contributed by atoms with Gasteiger partial charge in [-0.1, -0.05) is 12.1 Å². The maximum Gasteiger partial charge on any atom is 0.166 e. The number of likely N-dealkylation sites (N-methyl/N-ethyl adjacent to an activating group) is 1. The molecule has 0 amide bonds. The lowest BCUT2D eigenvalue weighted by molar-refractivity contribution is 0.284. The summed E-state index contributed by atoms with van der Waals surface area (Å²) >= 11 is 0. The smallest absolute Gasteiger partial charge is 0.166 e. The molecular weight excluding hydrogens is 178 g/mol. The molecule has 2 rings (SSSR count). The second-order valence-electron chi connectivity index (χ2n) is 3.26. The Bertz CT molecular complexity index is 325. The van der Waals surface area contributed by atoms with E-state index >= 15 is 0 Å². The van der Waals surface area contributed by atoms with E-state index in [1.807, 2.05) is 26.1 Å². The third-order valence-electron chi connectivity index (χ3n) is 2.43. The number of para-hydroxylation sites is 1. The number of fused-ring (bicyclic) bond motifs is 1. The maximum atomic E-state index is 5.60. The Balaban J connectivity index is 2.34. The summed E-state index contributed by atoms with van der Waals surface area (Å²) in [7, 11) is 1.94. The van der Waals surface area contributed by atoms with Gasteiger partial charge in [0, 0.05) is 5.56 Å². The molecule has 3 heteroatoms. The van der Waals surface area contributed by atoms with Crippen molar-refractivity contribution < 1.29 is 9.47 Å². The fourth-order valence-corrected chi connectivity index (χ4v) is 1.73. The molecule has 1 aromatic rings. The first-order valence-corrected chi connectivity index (χ1v) is 4.92. The van der Waals surface area contributed by atoms with Gasteiger partial charge in [-0.3, -0.25) is 0 Å². The Hall–Kier alpha value is -1.22. The zero-order valence-electron chi connectivity index (χ0n) is 8.54. The monoisotopic (exact) mass is 193 g/mol. The van der Waals surface area contributed by atoms with Crippen LogP contribution in [0.2, 0.25) is 0 Å². The molecule has 76 valence electrons. The minimum atomic E-state index is 0.297. The second-order valence-corrected chi connectivity index (χ2v) is 3.26. The van der Waals surface area contributed by atoms with Crippen LogP contribution >= 0.6 is 0 Å². The van der Waals surface area contributed by atoms with E-state index in [2.05, 4.69) is 11.4 Å². The van der Waals surface area contributed by atoms with Crippen molar-refractivity contribution in [3.8, 4) is 11.5 Å². The van der Waals surface area contributed by atoms with E-state index in [0.717, 1.165) is 11.5 Å². The van der Waals surface area contributed by atoms with Gasteiger partial charge >= 0.3 is 0 Å². The molecule has 1 aromatic carbocycles. The molecule has 1 heterocycles. The third-order valence-corrected chi connectivity index (χ3v) is 2.43. The van der Waals surface area contributed by atoms with Gasteiger partial charge in [0.05, 0.1) is 12.6 Å². The van der Waals surface area contributed by atoms with Gasteiger partial charge in [0.1, 0.15) is 6.61 Å². The lowest BCUT2D eigenvalue weighted by Gasteiger charge is -2.08. The highest BCUT2D eigenvalue weighted by molar-refractivity contribution is 5.50. The minimum Gasteiger partial charge on any atom is -0.490 e. The predicted octanol–water partition coefficient (Wildman–Crippen LogP) is 1.74. The largest absolute Gasteiger partial charge is 0.490 e. The molecule has 0 fully saturated rings. The van der Waals surface area contributed by atoms with Crippen LogP contribution in [0.4, 0.5) is 0 Å². The zero-order chi connectivity index (χ0) is 9.97. The van der Waals surface area contributed by atoms with Gasteiger partial charge in [0.15, 0.2) is 11.5 Å². The molecule has 0 saturated heterocycles. The van der Waals surface area contributed by atoms with Gasteiger partial charge in [-0.05, 0) is 20.0 Å². The molecular formula is C11H15NO2. The molecule has 14 heavy (non-hydrogen) atoms. The first-order chi connectivity index (χ1) is 6.86. The number of rotatable bonds is 3. The molecule has 0 aliphatic carbocycles. The Labute approximate surface area is 84.0 Å². The number of benzene rings is 1. The summed E-state index contributed by atoms with van der Waals surface area (Å²) < 4.78 is 11.1. The van der Waals surface area contributed by atoms with E-state index in [-0.39, 0.29) is 0 Å². The molecule has 1 N–H and O–H groups in total. The highest BCUT2D eigenvalue weighted by Gasteiger charge is 2.25. The predicted molar refractivity (Wildman–Crippen MR) is 54.9 cm³/mol. The van der Waals surface area contributed by atoms with Crippen molar-refractivity contribution in [2.75, 3.05) is 20.3 Å². The molecule has 1 aliphatic rings. The standard InChI is InChI=1S/C11H15NO2/c1-3-13-10-6-4-5-8-9(12-2)7-14-11(8)10/h4-6,9,12H,3,7H2,1-2H3. The lowest BCUT2D eigenvalue weighted by Crippen LogP contribution is -2.16. The Morgan fingerprint density at radius 1 is 1.57 bits per heavy atom. The normalized spacial score (nSPS) is 18.9. The van der Waals surface area contributed by atoms with E-state index in [4.69, 9.17) is 9.47 Å². The van der Waals surface area contributed by atoms with Crippen LogP contribution in [0.1, 0.15) is 18.5 Å². The average molecular weight is 193 g/mol. The number of ether oxygens (including phenoxy) is 2. The summed E-state index contributed by atoms with van der Waals surface area (Å²) in [5.41, 5.74) is 1.19. The van der Waals surface area contributed by atoms with Crippen LogP contribution < -0.4 is 14.8 Å². The van der Waals surface area contributed by atoms with Crippen LogP contribution in [0.5, 0.6) is 11.5 Å². The minimum absolute atomic E-state index is 0.297. The van der Waals surface area contributed by atoms with Crippen LogP contribution in [0.25, 0.3) is 0 Å². The fraction of sp³-hybridized carbons (Fsp3) is 0.455. The number of hydrogen-bond donors (Lipinski definition) is 1. The van der Waals surface area contributed by atoms with E-state index in [1.165, 1.54) is 5.56 Å². The van der Waals surface area contributed by atoms with Crippen LogP contribution in [-0.4, -0.2) is 20.3 Å². The van der Waals surface area contributed by atoms with Crippen molar-refractivity contribution >= 4 is 0 Å². The second kappa shape index (κ2) is 3.88. The summed E-state index contributed by atoms with van der Waals surface area (Å²) in [6.07, 6.45) is 0. The highest BCUT2D eigenvalue weighted by atomic mass is 16.5. The van der Waals surface area contributed by atoms with Crippen molar-refractivity contribution in [3.05, 3.63) is 23.8 Å². The van der Waals surface area contributed by atoms with Crippen molar-refractivity contribution in [2.24, 2.45) is 0 Å². The zero-order valence-corrected chi connectivity index (χ0v) is 8.54. The van der Waals surface area contributed by atoms with Crippen LogP contribution in [0.15, 0.2) is 18.2 Å². The van der Waals surface area contributed by atoms with Gasteiger partial charge in [-0.2, -0.15) is 0 Å². The van der Waals surface area contributed by atoms with Crippen molar-refractivity contribution in [1.29, 1.82) is 0 Å². The SMILES string of the molecule is CCOc1cccc2c1OCC2NC. The number of hydrogen-bond acceptors (Lipinski definition) is 3. The van der Waals surface area contributed by atoms with Gasteiger partial charge < -0.3 is 14.8 Å². The maximum absolute atomic E-state index is 5.60. The first-order valence-electron chi connectivity index (χ1n) is 4.92. The summed E-state index contributed by atoms with van der Waals surface area (Å²) in [4.78, 5) is 0. The van der Waals surface area contributed by atoms with E-state index in [9.17, 15) is 0 Å². The third kappa shape index (κ3) is 1.44. The number of nitrogens with one attached hydrogen (secondary N) is 1. The van der Waals surface area contributed by atoms with Crippen molar-refractivity contribution in [1.82, 2.24) is 5.32 Å². The van der Waals surface area contributed by atoms with Gasteiger partial charge in [-0.25, -0.2) is 0 Å². The Morgan fingerprint density at radius 2 is 2.43 bits per heavy atom. The molecule has 1 aliphatic heterocycles. The van der Waals surface area contributed by atoms with E-state index < -0.39 is 0 Å². The molecule has 1 atom stereocenters. The van der Waals surface area contributed by atoms with Gasteiger partial charge in [0.2, 0.25) is 0 Å². The summed E-state index contributed by atoms with van der Waals surface area (Å²) in [6, 6.07) is 6.32. The van der Waals surface area contributed by atoms with Crippen molar-refractivity contribution in [3.63, 3.8) is 0 Å². The van der Waals surface area contributed by atoms with Gasteiger partial charge in [-0.15, -0.1) is 0 Å². The lowest BCUT2D eigenvalue weighted by atomic mass is 10.1. The quantitative estimate of drug-likeness (QED) is 0.793. The summed E-state index contributed by atoms with van der Waals surface area (Å²) in [5.74, 6) is 1.75. The average Bonchev–Trinajstić information content (AvgIpc) is 2.62. The molecule has 0 saturated carbocycles.